The van der Waals surface area contributed by atoms with Gasteiger partial charge in [0.1, 0.15) is 12.2 Å². The summed E-state index contributed by atoms with van der Waals surface area (Å²) in [6, 6.07) is 0. The third kappa shape index (κ3) is 2.15. The van der Waals surface area contributed by atoms with Gasteiger partial charge in [0.05, 0.1) is 15.9 Å². The average Bonchev–Trinajstić information content (AvgIpc) is 2.68. The van der Waals surface area contributed by atoms with Gasteiger partial charge in [0.2, 0.25) is 0 Å². The second kappa shape index (κ2) is 4.79. The summed E-state index contributed by atoms with van der Waals surface area (Å²) in [5.74, 6) is -1.33. The number of aliphatic carboxylic acids is 1. The molecule has 0 aliphatic rings. The Kier molecular flexibility index (Phi) is 3.38. The van der Waals surface area contributed by atoms with Crippen LogP contribution in [-0.2, 0) is 4.79 Å². The van der Waals surface area contributed by atoms with Crippen molar-refractivity contribution in [2.75, 3.05) is 0 Å². The minimum absolute atomic E-state index is 0.524. The number of thiophene rings is 1. The van der Waals surface area contributed by atoms with Gasteiger partial charge in [-0.15, -0.1) is 11.3 Å². The number of hydrogen-bond acceptors (Lipinski definition) is 4. The highest BCUT2D eigenvalue weighted by atomic mass is 32.1. The third-order valence-corrected chi connectivity index (χ3v) is 3.87. The fourth-order valence-corrected chi connectivity index (χ4v) is 2.95. The maximum absolute atomic E-state index is 11.3. The molecular formula is C12H14N2O2S. The molecule has 0 aliphatic heterocycles. The van der Waals surface area contributed by atoms with E-state index in [1.807, 2.05) is 19.2 Å². The van der Waals surface area contributed by atoms with Gasteiger partial charge in [-0.25, -0.2) is 9.97 Å². The number of hydrogen-bond donors (Lipinski definition) is 1. The van der Waals surface area contributed by atoms with Crippen LogP contribution in [0.1, 0.15) is 36.9 Å². The molecule has 90 valence electrons. The predicted molar refractivity (Wildman–Crippen MR) is 67.4 cm³/mol. The second-order valence-corrected chi connectivity index (χ2v) is 4.91. The molecule has 0 saturated heterocycles. The van der Waals surface area contributed by atoms with Crippen molar-refractivity contribution in [2.24, 2.45) is 0 Å². The van der Waals surface area contributed by atoms with E-state index in [2.05, 4.69) is 9.97 Å². The lowest BCUT2D eigenvalue weighted by atomic mass is 9.99. The van der Waals surface area contributed by atoms with Gasteiger partial charge in [-0.05, 0) is 24.3 Å². The van der Waals surface area contributed by atoms with E-state index in [9.17, 15) is 9.90 Å². The monoisotopic (exact) mass is 250 g/mol. The molecule has 2 aromatic rings. The SMILES string of the molecule is CCCC(C(=O)O)c1ncnc2c(C)csc12. The normalized spacial score (nSPS) is 12.8. The fraction of sp³-hybridized carbons (Fsp3) is 0.417. The lowest BCUT2D eigenvalue weighted by molar-refractivity contribution is -0.139. The maximum atomic E-state index is 11.3. The second-order valence-electron chi connectivity index (χ2n) is 4.03. The molecule has 1 N–H and O–H groups in total. The van der Waals surface area contributed by atoms with E-state index in [1.54, 1.807) is 0 Å². The molecule has 0 fully saturated rings. The van der Waals surface area contributed by atoms with Crippen LogP contribution in [0.25, 0.3) is 10.2 Å². The van der Waals surface area contributed by atoms with E-state index >= 15 is 0 Å². The van der Waals surface area contributed by atoms with Crippen LogP contribution in [0.4, 0.5) is 0 Å². The van der Waals surface area contributed by atoms with Crippen molar-refractivity contribution in [3.05, 3.63) is 23.0 Å². The van der Waals surface area contributed by atoms with Gasteiger partial charge < -0.3 is 5.11 Å². The molecule has 4 nitrogen and oxygen atoms in total. The summed E-state index contributed by atoms with van der Waals surface area (Å²) in [7, 11) is 0. The summed E-state index contributed by atoms with van der Waals surface area (Å²) in [5, 5.41) is 11.3. The van der Waals surface area contributed by atoms with Crippen LogP contribution >= 0.6 is 11.3 Å². The zero-order valence-electron chi connectivity index (χ0n) is 9.80. The summed E-state index contributed by atoms with van der Waals surface area (Å²) in [6.45, 7) is 3.96. The molecule has 0 aliphatic carbocycles. The van der Waals surface area contributed by atoms with Crippen LogP contribution in [0.2, 0.25) is 0 Å². The third-order valence-electron chi connectivity index (χ3n) is 2.76. The highest BCUT2D eigenvalue weighted by molar-refractivity contribution is 7.17. The Morgan fingerprint density at radius 2 is 2.29 bits per heavy atom. The highest BCUT2D eigenvalue weighted by Crippen LogP contribution is 2.31. The van der Waals surface area contributed by atoms with Crippen LogP contribution in [0.5, 0.6) is 0 Å². The van der Waals surface area contributed by atoms with Crippen LogP contribution in [0.15, 0.2) is 11.7 Å². The molecule has 0 amide bonds. The molecule has 0 radical (unpaired) electrons. The van der Waals surface area contributed by atoms with Crippen molar-refractivity contribution in [3.8, 4) is 0 Å². The molecule has 2 aromatic heterocycles. The standard InChI is InChI=1S/C12H14N2O2S/c1-3-4-8(12(15)16)10-11-9(13-6-14-10)7(2)5-17-11/h5-6,8H,3-4H2,1-2H3,(H,15,16). The van der Waals surface area contributed by atoms with E-state index in [-0.39, 0.29) is 0 Å². The number of rotatable bonds is 4. The Labute approximate surface area is 103 Å². The first-order chi connectivity index (χ1) is 8.15. The maximum Gasteiger partial charge on any atom is 0.312 e. The number of carboxylic acid groups (broad SMARTS) is 1. The van der Waals surface area contributed by atoms with E-state index in [4.69, 9.17) is 0 Å². The van der Waals surface area contributed by atoms with Crippen molar-refractivity contribution >= 4 is 27.5 Å². The van der Waals surface area contributed by atoms with E-state index in [0.29, 0.717) is 12.1 Å². The molecule has 1 atom stereocenters. The van der Waals surface area contributed by atoms with Gasteiger partial charge in [0.25, 0.3) is 0 Å². The Balaban J connectivity index is 2.56. The number of carboxylic acids is 1. The van der Waals surface area contributed by atoms with E-state index < -0.39 is 11.9 Å². The van der Waals surface area contributed by atoms with Crippen molar-refractivity contribution < 1.29 is 9.90 Å². The van der Waals surface area contributed by atoms with Crippen LogP contribution in [0.3, 0.4) is 0 Å². The first kappa shape index (κ1) is 12.0. The summed E-state index contributed by atoms with van der Waals surface area (Å²) >= 11 is 1.52. The topological polar surface area (TPSA) is 63.1 Å². The number of aryl methyl sites for hydroxylation is 1. The molecule has 5 heteroatoms. The first-order valence-corrected chi connectivity index (χ1v) is 6.44. The van der Waals surface area contributed by atoms with Crippen molar-refractivity contribution in [1.82, 2.24) is 9.97 Å². The Hall–Kier alpha value is -1.49. The average molecular weight is 250 g/mol. The molecular weight excluding hydrogens is 236 g/mol. The predicted octanol–water partition coefficient (Wildman–Crippen LogP) is 2.97. The van der Waals surface area contributed by atoms with Crippen LogP contribution in [-0.4, -0.2) is 21.0 Å². The highest BCUT2D eigenvalue weighted by Gasteiger charge is 2.23. The Morgan fingerprint density at radius 1 is 1.53 bits per heavy atom. The van der Waals surface area contributed by atoms with E-state index in [0.717, 1.165) is 22.2 Å². The van der Waals surface area contributed by atoms with Crippen molar-refractivity contribution in [1.29, 1.82) is 0 Å². The lowest BCUT2D eigenvalue weighted by Crippen LogP contribution is -2.13. The van der Waals surface area contributed by atoms with Crippen molar-refractivity contribution in [3.63, 3.8) is 0 Å². The summed E-state index contributed by atoms with van der Waals surface area (Å²) < 4.78 is 0.908. The van der Waals surface area contributed by atoms with Crippen molar-refractivity contribution in [2.45, 2.75) is 32.6 Å². The van der Waals surface area contributed by atoms with Gasteiger partial charge in [-0.2, -0.15) is 0 Å². The molecule has 1 unspecified atom stereocenters. The Morgan fingerprint density at radius 3 is 2.94 bits per heavy atom. The minimum Gasteiger partial charge on any atom is -0.481 e. The summed E-state index contributed by atoms with van der Waals surface area (Å²) in [4.78, 5) is 19.7. The van der Waals surface area contributed by atoms with E-state index in [1.165, 1.54) is 17.7 Å². The molecule has 2 heterocycles. The van der Waals surface area contributed by atoms with Crippen LogP contribution in [0, 0.1) is 6.92 Å². The molecule has 0 aromatic carbocycles. The van der Waals surface area contributed by atoms with Gasteiger partial charge in [0, 0.05) is 0 Å². The molecule has 0 saturated carbocycles. The largest absolute Gasteiger partial charge is 0.481 e. The number of carbonyl (C=O) groups is 1. The zero-order valence-corrected chi connectivity index (χ0v) is 10.6. The molecule has 17 heavy (non-hydrogen) atoms. The number of nitrogens with zero attached hydrogens (tertiary/aromatic N) is 2. The Bertz CT molecular complexity index is 550. The van der Waals surface area contributed by atoms with Gasteiger partial charge in [0.15, 0.2) is 0 Å². The summed E-state index contributed by atoms with van der Waals surface area (Å²) in [6.07, 6.45) is 2.90. The number of fused-ring (bicyclic) bond motifs is 1. The van der Waals surface area contributed by atoms with Crippen LogP contribution < -0.4 is 0 Å². The quantitative estimate of drug-likeness (QED) is 0.906. The molecule has 0 spiro atoms. The van der Waals surface area contributed by atoms with Gasteiger partial charge >= 0.3 is 5.97 Å². The lowest BCUT2D eigenvalue weighted by Gasteiger charge is -2.10. The summed E-state index contributed by atoms with van der Waals surface area (Å²) in [5.41, 5.74) is 2.61. The minimum atomic E-state index is -0.807. The molecule has 0 bridgehead atoms. The van der Waals surface area contributed by atoms with Gasteiger partial charge in [-0.1, -0.05) is 13.3 Å². The van der Waals surface area contributed by atoms with Gasteiger partial charge in [-0.3, -0.25) is 4.79 Å². The smallest absolute Gasteiger partial charge is 0.312 e. The first-order valence-electron chi connectivity index (χ1n) is 5.56. The fourth-order valence-electron chi connectivity index (χ4n) is 1.90. The zero-order chi connectivity index (χ0) is 12.4. The number of aromatic nitrogens is 2. The molecule has 2 rings (SSSR count).